The summed E-state index contributed by atoms with van der Waals surface area (Å²) in [6.45, 7) is -0.185. The second kappa shape index (κ2) is 9.32. The van der Waals surface area contributed by atoms with Gasteiger partial charge in [-0.3, -0.25) is 9.59 Å². The van der Waals surface area contributed by atoms with Crippen molar-refractivity contribution in [3.63, 3.8) is 0 Å². The van der Waals surface area contributed by atoms with Crippen LogP contribution in [0.1, 0.15) is 10.4 Å². The van der Waals surface area contributed by atoms with Crippen molar-refractivity contribution in [1.82, 2.24) is 5.32 Å². The minimum atomic E-state index is -0.381. The number of halogens is 1. The Bertz CT molecular complexity index is 1240. The van der Waals surface area contributed by atoms with E-state index in [2.05, 4.69) is 10.6 Å². The Hall–Kier alpha value is -3.83. The lowest BCUT2D eigenvalue weighted by Gasteiger charge is -2.13. The number of benzene rings is 4. The number of hydrogen-bond donors (Lipinski definition) is 2. The zero-order chi connectivity index (χ0) is 21.6. The van der Waals surface area contributed by atoms with Crippen molar-refractivity contribution in [1.29, 1.82) is 0 Å². The van der Waals surface area contributed by atoms with Crippen molar-refractivity contribution in [3.8, 4) is 11.5 Å². The van der Waals surface area contributed by atoms with Crippen LogP contribution in [0.25, 0.3) is 10.8 Å². The van der Waals surface area contributed by atoms with Crippen molar-refractivity contribution < 1.29 is 14.3 Å². The minimum absolute atomic E-state index is 0.185. The van der Waals surface area contributed by atoms with Gasteiger partial charge < -0.3 is 15.4 Å². The van der Waals surface area contributed by atoms with Crippen LogP contribution in [0, 0.1) is 0 Å². The monoisotopic (exact) mass is 430 g/mol. The molecule has 4 aromatic carbocycles. The zero-order valence-electron chi connectivity index (χ0n) is 16.5. The summed E-state index contributed by atoms with van der Waals surface area (Å²) < 4.78 is 5.85. The summed E-state index contributed by atoms with van der Waals surface area (Å²) in [7, 11) is 0. The summed E-state index contributed by atoms with van der Waals surface area (Å²) in [6, 6.07) is 27.2. The quantitative estimate of drug-likeness (QED) is 0.415. The van der Waals surface area contributed by atoms with E-state index in [0.29, 0.717) is 27.8 Å². The molecule has 0 atom stereocenters. The first-order valence-corrected chi connectivity index (χ1v) is 10.1. The van der Waals surface area contributed by atoms with Gasteiger partial charge in [0.2, 0.25) is 5.91 Å². The minimum Gasteiger partial charge on any atom is -0.455 e. The van der Waals surface area contributed by atoms with Gasteiger partial charge in [0.25, 0.3) is 5.91 Å². The Balaban J connectivity index is 1.44. The van der Waals surface area contributed by atoms with Gasteiger partial charge in [-0.15, -0.1) is 0 Å². The Morgan fingerprint density at radius 3 is 2.42 bits per heavy atom. The summed E-state index contributed by atoms with van der Waals surface area (Å²) in [6.07, 6.45) is 0. The number of hydrogen-bond acceptors (Lipinski definition) is 3. The third-order valence-electron chi connectivity index (χ3n) is 4.63. The van der Waals surface area contributed by atoms with Gasteiger partial charge in [0.05, 0.1) is 12.2 Å². The molecule has 0 saturated carbocycles. The fourth-order valence-electron chi connectivity index (χ4n) is 3.17. The lowest BCUT2D eigenvalue weighted by molar-refractivity contribution is -0.115. The van der Waals surface area contributed by atoms with Crippen LogP contribution in [0.4, 0.5) is 5.69 Å². The molecule has 154 valence electrons. The molecule has 0 aliphatic rings. The number of amides is 2. The highest BCUT2D eigenvalue weighted by Gasteiger charge is 2.13. The normalized spacial score (nSPS) is 10.5. The van der Waals surface area contributed by atoms with Crippen molar-refractivity contribution >= 4 is 39.9 Å². The third-order valence-corrected chi connectivity index (χ3v) is 4.87. The molecular weight excluding hydrogens is 412 g/mol. The molecule has 31 heavy (non-hydrogen) atoms. The first-order chi connectivity index (χ1) is 15.1. The third kappa shape index (κ3) is 5.02. The number of fused-ring (bicyclic) bond motifs is 1. The first kappa shape index (κ1) is 20.4. The highest BCUT2D eigenvalue weighted by molar-refractivity contribution is 6.30. The van der Waals surface area contributed by atoms with Gasteiger partial charge >= 0.3 is 0 Å². The highest BCUT2D eigenvalue weighted by Crippen LogP contribution is 2.32. The van der Waals surface area contributed by atoms with Crippen LogP contribution in [-0.2, 0) is 4.79 Å². The molecule has 6 heteroatoms. The Labute approximate surface area is 184 Å². The Kier molecular flexibility index (Phi) is 6.15. The number of nitrogens with one attached hydrogen (secondary N) is 2. The fourth-order valence-corrected chi connectivity index (χ4v) is 3.34. The average molecular weight is 431 g/mol. The van der Waals surface area contributed by atoms with Crippen molar-refractivity contribution in [3.05, 3.63) is 102 Å². The number of para-hydroxylation sites is 1. The van der Waals surface area contributed by atoms with Gasteiger partial charge in [-0.2, -0.15) is 0 Å². The van der Waals surface area contributed by atoms with Crippen LogP contribution in [0.3, 0.4) is 0 Å². The number of rotatable bonds is 6. The Morgan fingerprint density at radius 1 is 0.839 bits per heavy atom. The molecule has 0 aliphatic carbocycles. The summed E-state index contributed by atoms with van der Waals surface area (Å²) in [5.74, 6) is 0.328. The standard InChI is InChI=1S/C25H19ClN2O3/c26-18-13-14-22(23(15-18)31-19-9-2-1-3-10-19)28-24(29)16-27-25(30)21-12-6-8-17-7-4-5-11-20(17)21/h1-15H,16H2,(H,27,30)(H,28,29). The smallest absolute Gasteiger partial charge is 0.252 e. The SMILES string of the molecule is O=C(CNC(=O)c1cccc2ccccc12)Nc1ccc(Cl)cc1Oc1ccccc1. The molecule has 2 N–H and O–H groups in total. The topological polar surface area (TPSA) is 67.4 Å². The van der Waals surface area contributed by atoms with E-state index in [0.717, 1.165) is 10.8 Å². The first-order valence-electron chi connectivity index (χ1n) is 9.68. The maximum atomic E-state index is 12.6. The van der Waals surface area contributed by atoms with E-state index in [-0.39, 0.29) is 18.4 Å². The van der Waals surface area contributed by atoms with Crippen LogP contribution < -0.4 is 15.4 Å². The number of ether oxygens (including phenoxy) is 1. The van der Waals surface area contributed by atoms with Crippen LogP contribution in [0.15, 0.2) is 91.0 Å². The lowest BCUT2D eigenvalue weighted by Crippen LogP contribution is -2.33. The Morgan fingerprint density at radius 2 is 1.58 bits per heavy atom. The van der Waals surface area contributed by atoms with E-state index in [1.165, 1.54) is 0 Å². The summed E-state index contributed by atoms with van der Waals surface area (Å²) >= 11 is 6.09. The highest BCUT2D eigenvalue weighted by atomic mass is 35.5. The molecule has 0 heterocycles. The maximum absolute atomic E-state index is 12.6. The average Bonchev–Trinajstić information content (AvgIpc) is 2.79. The van der Waals surface area contributed by atoms with E-state index in [1.807, 2.05) is 54.6 Å². The molecule has 0 unspecified atom stereocenters. The molecule has 0 aliphatic heterocycles. The van der Waals surface area contributed by atoms with Crippen molar-refractivity contribution in [2.45, 2.75) is 0 Å². The molecule has 0 radical (unpaired) electrons. The number of carbonyl (C=O) groups excluding carboxylic acids is 2. The second-order valence-electron chi connectivity index (χ2n) is 6.81. The molecule has 4 aromatic rings. The molecular formula is C25H19ClN2O3. The van der Waals surface area contributed by atoms with Crippen LogP contribution in [0.2, 0.25) is 5.02 Å². The largest absolute Gasteiger partial charge is 0.455 e. The van der Waals surface area contributed by atoms with Crippen LogP contribution in [-0.4, -0.2) is 18.4 Å². The molecule has 0 fully saturated rings. The molecule has 0 spiro atoms. The van der Waals surface area contributed by atoms with Gasteiger partial charge in [-0.05, 0) is 41.1 Å². The van der Waals surface area contributed by atoms with Crippen LogP contribution >= 0.6 is 11.6 Å². The maximum Gasteiger partial charge on any atom is 0.252 e. The molecule has 5 nitrogen and oxygen atoms in total. The fraction of sp³-hybridized carbons (Fsp3) is 0.0400. The van der Waals surface area contributed by atoms with E-state index in [1.54, 1.807) is 36.4 Å². The number of carbonyl (C=O) groups is 2. The number of anilines is 1. The summed E-state index contributed by atoms with van der Waals surface area (Å²) in [4.78, 5) is 25.1. The summed E-state index contributed by atoms with van der Waals surface area (Å²) in [5, 5.41) is 7.71. The molecule has 0 bridgehead atoms. The van der Waals surface area contributed by atoms with Gasteiger partial charge in [0.15, 0.2) is 5.75 Å². The second-order valence-corrected chi connectivity index (χ2v) is 7.25. The van der Waals surface area contributed by atoms with Gasteiger partial charge in [0, 0.05) is 16.7 Å². The van der Waals surface area contributed by atoms with Crippen LogP contribution in [0.5, 0.6) is 11.5 Å². The van der Waals surface area contributed by atoms with E-state index >= 15 is 0 Å². The molecule has 0 saturated heterocycles. The molecule has 2 amide bonds. The predicted octanol–water partition coefficient (Wildman–Crippen LogP) is 5.65. The summed E-state index contributed by atoms with van der Waals surface area (Å²) in [5.41, 5.74) is 0.975. The van der Waals surface area contributed by atoms with Crippen molar-refractivity contribution in [2.75, 3.05) is 11.9 Å². The predicted molar refractivity (Wildman–Crippen MR) is 123 cm³/mol. The van der Waals surface area contributed by atoms with Crippen molar-refractivity contribution in [2.24, 2.45) is 0 Å². The van der Waals surface area contributed by atoms with Gasteiger partial charge in [0.1, 0.15) is 5.75 Å². The van der Waals surface area contributed by atoms with E-state index in [4.69, 9.17) is 16.3 Å². The van der Waals surface area contributed by atoms with E-state index < -0.39 is 0 Å². The van der Waals surface area contributed by atoms with E-state index in [9.17, 15) is 9.59 Å². The molecule has 0 aromatic heterocycles. The lowest BCUT2D eigenvalue weighted by atomic mass is 10.0. The molecule has 4 rings (SSSR count). The zero-order valence-corrected chi connectivity index (χ0v) is 17.2. The van der Waals surface area contributed by atoms with Gasteiger partial charge in [-0.1, -0.05) is 66.2 Å². The van der Waals surface area contributed by atoms with Gasteiger partial charge in [-0.25, -0.2) is 0 Å².